The topological polar surface area (TPSA) is 30.2 Å². The van der Waals surface area contributed by atoms with Gasteiger partial charge in [-0.25, -0.2) is 0 Å². The van der Waals surface area contributed by atoms with E-state index in [9.17, 15) is 4.79 Å². The van der Waals surface area contributed by atoms with Gasteiger partial charge in [0.15, 0.2) is 12.0 Å². The van der Waals surface area contributed by atoms with E-state index in [4.69, 9.17) is 0 Å². The Morgan fingerprint density at radius 3 is 2.62 bits per heavy atom. The zero-order chi connectivity index (χ0) is 5.11. The fourth-order valence-corrected chi connectivity index (χ4v) is 0.358. The summed E-state index contributed by atoms with van der Waals surface area (Å²) in [6, 6.07) is 3.27. The van der Waals surface area contributed by atoms with E-state index in [1.807, 2.05) is 0 Å². The molecular formula is C5H4BO2. The fraction of sp³-hybridized carbons (Fsp3) is 0. The molecule has 0 spiro atoms. The van der Waals surface area contributed by atoms with E-state index in [-0.39, 0.29) is 8.41 Å². The van der Waals surface area contributed by atoms with E-state index in [2.05, 4.69) is 4.42 Å². The first kappa shape index (κ1) is 7.01. The molecule has 0 saturated carbocycles. The summed E-state index contributed by atoms with van der Waals surface area (Å²) in [6.07, 6.45) is 2.13. The molecule has 0 aliphatic rings. The molecule has 0 N–H and O–H groups in total. The van der Waals surface area contributed by atoms with E-state index < -0.39 is 0 Å². The Kier molecular flexibility index (Phi) is 2.70. The molecule has 1 aromatic rings. The van der Waals surface area contributed by atoms with Gasteiger partial charge in [-0.15, -0.1) is 0 Å². The van der Waals surface area contributed by atoms with Crippen molar-refractivity contribution in [3.05, 3.63) is 24.2 Å². The monoisotopic (exact) mass is 107 g/mol. The Bertz CT molecular complexity index is 145. The van der Waals surface area contributed by atoms with Gasteiger partial charge in [-0.3, -0.25) is 4.79 Å². The van der Waals surface area contributed by atoms with Crippen LogP contribution in [0.4, 0.5) is 0 Å². The molecule has 0 bridgehead atoms. The average molecular weight is 107 g/mol. The van der Waals surface area contributed by atoms with Gasteiger partial charge in [-0.2, -0.15) is 0 Å². The summed E-state index contributed by atoms with van der Waals surface area (Å²) in [6.45, 7) is 0. The van der Waals surface area contributed by atoms with Gasteiger partial charge in [-0.05, 0) is 12.1 Å². The summed E-state index contributed by atoms with van der Waals surface area (Å²) in [7, 11) is 0. The number of rotatable bonds is 1. The number of aldehydes is 1. The second-order valence-corrected chi connectivity index (χ2v) is 1.13. The third-order valence-electron chi connectivity index (χ3n) is 0.659. The molecule has 1 rings (SSSR count). The van der Waals surface area contributed by atoms with E-state index >= 15 is 0 Å². The molecule has 3 heteroatoms. The molecule has 0 aliphatic carbocycles. The van der Waals surface area contributed by atoms with Crippen LogP contribution in [0, 0.1) is 0 Å². The average Bonchev–Trinajstić information content (AvgIpc) is 2.14. The van der Waals surface area contributed by atoms with E-state index in [0.29, 0.717) is 12.0 Å². The van der Waals surface area contributed by atoms with Crippen LogP contribution in [0.5, 0.6) is 0 Å². The lowest BCUT2D eigenvalue weighted by molar-refractivity contribution is 0.110. The first-order valence-corrected chi connectivity index (χ1v) is 1.92. The molecule has 0 aliphatic heterocycles. The molecule has 0 saturated heterocycles. The maximum Gasteiger partial charge on any atom is 0.185 e. The molecule has 0 amide bonds. The van der Waals surface area contributed by atoms with Crippen molar-refractivity contribution in [3.8, 4) is 0 Å². The van der Waals surface area contributed by atoms with Crippen LogP contribution in [0.15, 0.2) is 22.8 Å². The first-order chi connectivity index (χ1) is 3.43. The highest BCUT2D eigenvalue weighted by Gasteiger charge is 1.84. The van der Waals surface area contributed by atoms with Crippen LogP contribution in [-0.2, 0) is 0 Å². The molecule has 1 heterocycles. The second-order valence-electron chi connectivity index (χ2n) is 1.13. The molecule has 0 unspecified atom stereocenters. The Hall–Kier alpha value is -0.985. The largest absolute Gasteiger partial charge is 0.462 e. The fourth-order valence-electron chi connectivity index (χ4n) is 0.358. The molecule has 39 valence electrons. The highest BCUT2D eigenvalue weighted by Crippen LogP contribution is 1.92. The van der Waals surface area contributed by atoms with Crippen LogP contribution < -0.4 is 0 Å². The predicted molar refractivity (Wildman–Crippen MR) is 29.8 cm³/mol. The van der Waals surface area contributed by atoms with Crippen LogP contribution >= 0.6 is 0 Å². The number of carbonyl (C=O) groups excluding carboxylic acids is 1. The SMILES string of the molecule is O=Cc1ccco1.[B]. The summed E-state index contributed by atoms with van der Waals surface area (Å²) in [5.74, 6) is 0.375. The van der Waals surface area contributed by atoms with Crippen molar-refractivity contribution in [2.75, 3.05) is 0 Å². The molecule has 0 fully saturated rings. The van der Waals surface area contributed by atoms with Gasteiger partial charge in [0, 0.05) is 8.41 Å². The maximum absolute atomic E-state index is 9.77. The number of hydrogen-bond acceptors (Lipinski definition) is 2. The number of hydrogen-bond donors (Lipinski definition) is 0. The minimum atomic E-state index is 0. The van der Waals surface area contributed by atoms with Crippen LogP contribution in [-0.4, -0.2) is 14.7 Å². The lowest BCUT2D eigenvalue weighted by atomic mass is 10.5. The molecule has 3 radical (unpaired) electrons. The lowest BCUT2D eigenvalue weighted by Gasteiger charge is -1.68. The van der Waals surface area contributed by atoms with Crippen molar-refractivity contribution in [1.82, 2.24) is 0 Å². The normalized spacial score (nSPS) is 7.50. The van der Waals surface area contributed by atoms with Crippen LogP contribution in [0.3, 0.4) is 0 Å². The Labute approximate surface area is 49.1 Å². The van der Waals surface area contributed by atoms with Gasteiger partial charge in [0.25, 0.3) is 0 Å². The lowest BCUT2D eigenvalue weighted by Crippen LogP contribution is -1.65. The van der Waals surface area contributed by atoms with Crippen LogP contribution in [0.2, 0.25) is 0 Å². The molecular weight excluding hydrogens is 103 g/mol. The standard InChI is InChI=1S/C5H4O2.B/c6-4-5-2-1-3-7-5;/h1-4H;. The number of furan rings is 1. The molecule has 0 atom stereocenters. The van der Waals surface area contributed by atoms with Crippen molar-refractivity contribution in [2.45, 2.75) is 0 Å². The zero-order valence-electron chi connectivity index (χ0n) is 4.20. The predicted octanol–water partition coefficient (Wildman–Crippen LogP) is 0.711. The Balaban J connectivity index is 0.000000490. The van der Waals surface area contributed by atoms with E-state index in [1.165, 1.54) is 6.26 Å². The number of carbonyl (C=O) groups is 1. The smallest absolute Gasteiger partial charge is 0.185 e. The minimum absolute atomic E-state index is 0. The van der Waals surface area contributed by atoms with Crippen molar-refractivity contribution in [2.24, 2.45) is 0 Å². The van der Waals surface area contributed by atoms with Crippen LogP contribution in [0.25, 0.3) is 0 Å². The molecule has 0 aromatic carbocycles. The quantitative estimate of drug-likeness (QED) is 0.390. The van der Waals surface area contributed by atoms with Crippen molar-refractivity contribution in [3.63, 3.8) is 0 Å². The minimum Gasteiger partial charge on any atom is -0.462 e. The molecule has 1 aromatic heterocycles. The van der Waals surface area contributed by atoms with Crippen molar-refractivity contribution < 1.29 is 9.21 Å². The summed E-state index contributed by atoms with van der Waals surface area (Å²) in [5.41, 5.74) is 0. The van der Waals surface area contributed by atoms with Gasteiger partial charge in [0.1, 0.15) is 0 Å². The summed E-state index contributed by atoms with van der Waals surface area (Å²) in [5, 5.41) is 0. The van der Waals surface area contributed by atoms with E-state index in [1.54, 1.807) is 12.1 Å². The van der Waals surface area contributed by atoms with Crippen LogP contribution in [0.1, 0.15) is 10.6 Å². The highest BCUT2D eigenvalue weighted by molar-refractivity contribution is 5.75. The third kappa shape index (κ3) is 1.26. The summed E-state index contributed by atoms with van der Waals surface area (Å²) >= 11 is 0. The maximum atomic E-state index is 9.77. The van der Waals surface area contributed by atoms with Gasteiger partial charge in [-0.1, -0.05) is 0 Å². The van der Waals surface area contributed by atoms with Crippen molar-refractivity contribution >= 4 is 14.7 Å². The van der Waals surface area contributed by atoms with Gasteiger partial charge in [0.05, 0.1) is 6.26 Å². The Morgan fingerprint density at radius 2 is 2.38 bits per heavy atom. The summed E-state index contributed by atoms with van der Waals surface area (Å²) < 4.78 is 4.61. The first-order valence-electron chi connectivity index (χ1n) is 1.92. The van der Waals surface area contributed by atoms with Gasteiger partial charge in [0.2, 0.25) is 0 Å². The zero-order valence-corrected chi connectivity index (χ0v) is 4.20. The second kappa shape index (κ2) is 3.07. The Morgan fingerprint density at radius 1 is 1.62 bits per heavy atom. The third-order valence-corrected chi connectivity index (χ3v) is 0.659. The van der Waals surface area contributed by atoms with E-state index in [0.717, 1.165) is 0 Å². The van der Waals surface area contributed by atoms with Crippen molar-refractivity contribution in [1.29, 1.82) is 0 Å². The van der Waals surface area contributed by atoms with Gasteiger partial charge < -0.3 is 4.42 Å². The summed E-state index contributed by atoms with van der Waals surface area (Å²) in [4.78, 5) is 9.77. The highest BCUT2D eigenvalue weighted by atomic mass is 16.3. The molecule has 8 heavy (non-hydrogen) atoms. The molecule has 2 nitrogen and oxygen atoms in total. The van der Waals surface area contributed by atoms with Gasteiger partial charge >= 0.3 is 0 Å².